The van der Waals surface area contributed by atoms with Crippen molar-refractivity contribution in [3.05, 3.63) is 48.6 Å². The van der Waals surface area contributed by atoms with Gasteiger partial charge in [-0.2, -0.15) is 0 Å². The van der Waals surface area contributed by atoms with Gasteiger partial charge in [-0.05, 0) is 59.4 Å². The number of fused-ring (bicyclic) bond motifs is 2. The summed E-state index contributed by atoms with van der Waals surface area (Å²) in [7, 11) is -1.39. The molecule has 4 rings (SSSR count). The second-order valence-electron chi connectivity index (χ2n) is 9.70. The Kier molecular flexibility index (Phi) is 4.73. The molecule has 8 unspecified atom stereocenters. The summed E-state index contributed by atoms with van der Waals surface area (Å²) >= 11 is 0. The zero-order chi connectivity index (χ0) is 17.6. The summed E-state index contributed by atoms with van der Waals surface area (Å²) in [5.41, 5.74) is 1.95. The van der Waals surface area contributed by atoms with Crippen molar-refractivity contribution >= 4 is 8.07 Å². The zero-order valence-electron chi connectivity index (χ0n) is 16.6. The topological polar surface area (TPSA) is 0 Å². The molecule has 0 bridgehead atoms. The van der Waals surface area contributed by atoms with Crippen molar-refractivity contribution in [3.8, 4) is 0 Å². The molecule has 0 nitrogen and oxygen atoms in total. The van der Waals surface area contributed by atoms with Crippen LogP contribution in [0.15, 0.2) is 48.6 Å². The maximum absolute atomic E-state index is 2.77. The van der Waals surface area contributed by atoms with Gasteiger partial charge in [-0.3, -0.25) is 0 Å². The molecule has 4 aliphatic rings. The van der Waals surface area contributed by atoms with E-state index in [9.17, 15) is 0 Å². The van der Waals surface area contributed by atoms with Crippen LogP contribution in [-0.2, 0) is 0 Å². The molecule has 0 N–H and O–H groups in total. The van der Waals surface area contributed by atoms with Crippen molar-refractivity contribution in [3.63, 3.8) is 0 Å². The van der Waals surface area contributed by atoms with Gasteiger partial charge in [-0.25, -0.2) is 0 Å². The third-order valence-electron chi connectivity index (χ3n) is 8.36. The van der Waals surface area contributed by atoms with Gasteiger partial charge in [0.2, 0.25) is 0 Å². The van der Waals surface area contributed by atoms with Crippen LogP contribution in [-0.4, -0.2) is 8.07 Å². The molecule has 0 heterocycles. The predicted molar refractivity (Wildman–Crippen MR) is 112 cm³/mol. The van der Waals surface area contributed by atoms with E-state index in [0.717, 1.165) is 46.6 Å². The van der Waals surface area contributed by atoms with E-state index in [0.29, 0.717) is 0 Å². The molecule has 0 aromatic rings. The normalized spacial score (nSPS) is 45.0. The predicted octanol–water partition coefficient (Wildman–Crippen LogP) is 7.01. The zero-order valence-corrected chi connectivity index (χ0v) is 17.6. The Morgan fingerprint density at radius 3 is 1.48 bits per heavy atom. The molecule has 136 valence electrons. The van der Waals surface area contributed by atoms with E-state index in [4.69, 9.17) is 0 Å². The maximum Gasteiger partial charge on any atom is 0.0553 e. The van der Waals surface area contributed by atoms with Crippen molar-refractivity contribution in [2.75, 3.05) is 0 Å². The molecule has 0 aromatic carbocycles. The van der Waals surface area contributed by atoms with E-state index in [1.807, 2.05) is 0 Å². The van der Waals surface area contributed by atoms with E-state index in [2.05, 4.69) is 75.5 Å². The highest BCUT2D eigenvalue weighted by atomic mass is 28.3. The minimum atomic E-state index is -1.39. The third-order valence-corrected chi connectivity index (χ3v) is 13.5. The van der Waals surface area contributed by atoms with Crippen LogP contribution in [0.3, 0.4) is 0 Å². The van der Waals surface area contributed by atoms with Crippen LogP contribution < -0.4 is 0 Å². The summed E-state index contributed by atoms with van der Waals surface area (Å²) in [6.45, 7) is 10.4. The van der Waals surface area contributed by atoms with Gasteiger partial charge in [0.15, 0.2) is 0 Å². The fourth-order valence-electron chi connectivity index (χ4n) is 7.48. The van der Waals surface area contributed by atoms with Gasteiger partial charge in [-0.1, -0.05) is 88.4 Å². The monoisotopic (exact) mass is 352 g/mol. The third kappa shape index (κ3) is 2.78. The molecule has 4 aliphatic carbocycles. The molecule has 0 amide bonds. The van der Waals surface area contributed by atoms with Gasteiger partial charge >= 0.3 is 0 Å². The summed E-state index contributed by atoms with van der Waals surface area (Å²) < 4.78 is 0. The van der Waals surface area contributed by atoms with Crippen LogP contribution in [0.1, 0.15) is 39.5 Å². The quantitative estimate of drug-likeness (QED) is 0.477. The first-order valence-corrected chi connectivity index (χ1v) is 13.9. The van der Waals surface area contributed by atoms with Gasteiger partial charge in [0.05, 0.1) is 8.07 Å². The van der Waals surface area contributed by atoms with E-state index in [1.54, 1.807) is 0 Å². The van der Waals surface area contributed by atoms with Crippen LogP contribution in [0, 0.1) is 35.5 Å². The van der Waals surface area contributed by atoms with Crippen LogP contribution in [0.4, 0.5) is 0 Å². The smallest absolute Gasteiger partial charge is 0.0553 e. The Balaban J connectivity index is 1.69. The molecule has 2 fully saturated rings. The second-order valence-corrected chi connectivity index (χ2v) is 14.7. The highest BCUT2D eigenvalue weighted by Crippen LogP contribution is 2.63. The summed E-state index contributed by atoms with van der Waals surface area (Å²) in [5.74, 6) is 5.21. The average molecular weight is 353 g/mol. The first-order chi connectivity index (χ1) is 12.1. The van der Waals surface area contributed by atoms with Crippen molar-refractivity contribution in [1.82, 2.24) is 0 Å². The lowest BCUT2D eigenvalue weighted by molar-refractivity contribution is 0.452. The molecule has 0 radical (unpaired) electrons. The minimum Gasteiger partial charge on any atom is -0.0808 e. The minimum absolute atomic E-state index is 0.825. The van der Waals surface area contributed by atoms with Gasteiger partial charge in [0.1, 0.15) is 0 Å². The standard InChI is InChI=1S/C24H36Si/c1-5-17-15-19-11-7-9-13-21(19)23(17)25(3,4)24-18(6-2)16-20-12-8-10-14-22(20)24/h7-14,17-24H,5-6,15-16H2,1-4H3. The van der Waals surface area contributed by atoms with E-state index >= 15 is 0 Å². The van der Waals surface area contributed by atoms with Crippen molar-refractivity contribution in [1.29, 1.82) is 0 Å². The largest absolute Gasteiger partial charge is 0.0808 e. The molecule has 0 aliphatic heterocycles. The summed E-state index contributed by atoms with van der Waals surface area (Å²) in [6, 6.07) is 0. The highest BCUT2D eigenvalue weighted by Gasteiger charge is 2.57. The number of hydrogen-bond acceptors (Lipinski definition) is 0. The number of allylic oxidation sites excluding steroid dienone is 8. The van der Waals surface area contributed by atoms with Gasteiger partial charge in [0.25, 0.3) is 0 Å². The molecule has 1 heteroatoms. The first kappa shape index (κ1) is 17.6. The Morgan fingerprint density at radius 2 is 1.08 bits per heavy atom. The molecule has 0 spiro atoms. The lowest BCUT2D eigenvalue weighted by Crippen LogP contribution is -2.46. The van der Waals surface area contributed by atoms with E-state index in [1.165, 1.54) is 25.7 Å². The van der Waals surface area contributed by atoms with E-state index in [-0.39, 0.29) is 0 Å². The van der Waals surface area contributed by atoms with Crippen molar-refractivity contribution < 1.29 is 0 Å². The average Bonchev–Trinajstić information content (AvgIpc) is 3.20. The molecular weight excluding hydrogens is 316 g/mol. The first-order valence-electron chi connectivity index (χ1n) is 10.8. The summed E-state index contributed by atoms with van der Waals surface area (Å²) in [5, 5.41) is 0. The van der Waals surface area contributed by atoms with Crippen LogP contribution >= 0.6 is 0 Å². The lowest BCUT2D eigenvalue weighted by atomic mass is 9.91. The van der Waals surface area contributed by atoms with Crippen molar-refractivity contribution in [2.24, 2.45) is 35.5 Å². The SMILES string of the molecule is CCC1CC2C=CC=CC2C1[Si](C)(C)C1C(CC)CC2C=CC=CC21. The fraction of sp³-hybridized carbons (Fsp3) is 0.667. The molecule has 2 saturated carbocycles. The second kappa shape index (κ2) is 6.72. The number of rotatable bonds is 4. The Bertz CT molecular complexity index is 556. The fourth-order valence-corrected chi connectivity index (χ4v) is 13.8. The molecule has 8 atom stereocenters. The molecule has 0 aromatic heterocycles. The Hall–Kier alpha value is -0.823. The van der Waals surface area contributed by atoms with Crippen LogP contribution in [0.5, 0.6) is 0 Å². The van der Waals surface area contributed by atoms with Gasteiger partial charge in [-0.15, -0.1) is 0 Å². The van der Waals surface area contributed by atoms with Crippen LogP contribution in [0.25, 0.3) is 0 Å². The van der Waals surface area contributed by atoms with Crippen LogP contribution in [0.2, 0.25) is 24.2 Å². The van der Waals surface area contributed by atoms with E-state index < -0.39 is 8.07 Å². The van der Waals surface area contributed by atoms with Gasteiger partial charge in [0, 0.05) is 0 Å². The molecular formula is C24H36Si. The maximum atomic E-state index is 2.77. The number of hydrogen-bond donors (Lipinski definition) is 0. The Morgan fingerprint density at radius 1 is 0.680 bits per heavy atom. The highest BCUT2D eigenvalue weighted by molar-refractivity contribution is 6.80. The summed E-state index contributed by atoms with van der Waals surface area (Å²) in [6.07, 6.45) is 25.2. The summed E-state index contributed by atoms with van der Waals surface area (Å²) in [4.78, 5) is 0. The van der Waals surface area contributed by atoms with Crippen molar-refractivity contribution in [2.45, 2.75) is 63.7 Å². The van der Waals surface area contributed by atoms with Gasteiger partial charge < -0.3 is 0 Å². The molecule has 25 heavy (non-hydrogen) atoms. The Labute approximate surface area is 156 Å². The molecule has 0 saturated heterocycles. The lowest BCUT2D eigenvalue weighted by Gasteiger charge is -2.46.